The van der Waals surface area contributed by atoms with Crippen LogP contribution in [0.3, 0.4) is 0 Å². The molecule has 2 unspecified atom stereocenters. The monoisotopic (exact) mass is 358 g/mol. The first-order valence-electron chi connectivity index (χ1n) is 7.90. The molecule has 1 saturated heterocycles. The Hall–Kier alpha value is -1.34. The molecular weight excluding hydrogens is 332 g/mol. The van der Waals surface area contributed by atoms with Crippen molar-refractivity contribution in [3.05, 3.63) is 28.8 Å². The molecule has 1 aliphatic rings. The van der Waals surface area contributed by atoms with Crippen LogP contribution < -0.4 is 15.4 Å². The summed E-state index contributed by atoms with van der Waals surface area (Å²) in [5.74, 6) is 0.604. The van der Waals surface area contributed by atoms with E-state index in [4.69, 9.17) is 4.74 Å². The van der Waals surface area contributed by atoms with E-state index in [1.54, 1.807) is 0 Å². The third-order valence-corrected chi connectivity index (χ3v) is 4.12. The Labute approximate surface area is 149 Å². The number of carbonyl (C=O) groups is 1. The minimum Gasteiger partial charge on any atom is -0.481 e. The van der Waals surface area contributed by atoms with E-state index in [0.29, 0.717) is 6.54 Å². The molecule has 6 nitrogen and oxygen atoms in total. The lowest BCUT2D eigenvalue weighted by atomic mass is 10.0. The number of esters is 1. The Morgan fingerprint density at radius 3 is 2.54 bits per heavy atom. The van der Waals surface area contributed by atoms with E-state index in [1.807, 2.05) is 13.8 Å². The van der Waals surface area contributed by atoms with Crippen LogP contribution in [0.15, 0.2) is 12.1 Å². The summed E-state index contributed by atoms with van der Waals surface area (Å²) >= 11 is 0. The van der Waals surface area contributed by atoms with Gasteiger partial charge in [-0.05, 0) is 30.5 Å². The molecule has 1 aromatic carbocycles. The first-order valence-corrected chi connectivity index (χ1v) is 7.90. The molecule has 1 aromatic rings. The second-order valence-electron chi connectivity index (χ2n) is 6.04. The highest BCUT2D eigenvalue weighted by Gasteiger charge is 2.24. The van der Waals surface area contributed by atoms with Gasteiger partial charge in [-0.3, -0.25) is 0 Å². The average Bonchev–Trinajstić information content (AvgIpc) is 2.91. The molecule has 24 heavy (non-hydrogen) atoms. The minimum absolute atomic E-state index is 0. The third-order valence-electron chi connectivity index (χ3n) is 4.12. The average molecular weight is 359 g/mol. The van der Waals surface area contributed by atoms with Crippen LogP contribution in [0.2, 0.25) is 0 Å². The van der Waals surface area contributed by atoms with Gasteiger partial charge >= 0.3 is 5.97 Å². The van der Waals surface area contributed by atoms with E-state index < -0.39 is 5.97 Å². The summed E-state index contributed by atoms with van der Waals surface area (Å²) in [6, 6.07) is 4.10. The normalized spacial score (nSPS) is 19.7. The van der Waals surface area contributed by atoms with Crippen LogP contribution in [0.1, 0.15) is 16.7 Å². The van der Waals surface area contributed by atoms with Crippen LogP contribution in [0.25, 0.3) is 0 Å². The number of ether oxygens (including phenoxy) is 2. The summed E-state index contributed by atoms with van der Waals surface area (Å²) in [6.07, 6.45) is -0.264. The van der Waals surface area contributed by atoms with Crippen LogP contribution in [0, 0.1) is 19.8 Å². The molecule has 2 atom stereocenters. The summed E-state index contributed by atoms with van der Waals surface area (Å²) in [4.78, 5) is 11.2. The molecular formula is C17H27ClN2O4. The number of aryl methyl sites for hydroxylation is 2. The van der Waals surface area contributed by atoms with Crippen molar-refractivity contribution >= 4 is 18.4 Å². The predicted molar refractivity (Wildman–Crippen MR) is 94.7 cm³/mol. The van der Waals surface area contributed by atoms with Crippen LogP contribution in [0.5, 0.6) is 5.75 Å². The number of hydrogen-bond donors (Lipinski definition) is 3. The summed E-state index contributed by atoms with van der Waals surface area (Å²) < 4.78 is 10.1. The maximum Gasteiger partial charge on any atom is 0.343 e. The summed E-state index contributed by atoms with van der Waals surface area (Å²) in [5, 5.41) is 16.4. The number of methoxy groups -OCH3 is 1. The van der Waals surface area contributed by atoms with E-state index in [9.17, 15) is 9.90 Å². The van der Waals surface area contributed by atoms with Gasteiger partial charge < -0.3 is 25.2 Å². The molecule has 1 aliphatic heterocycles. The number of aliphatic hydroxyl groups is 1. The summed E-state index contributed by atoms with van der Waals surface area (Å²) in [6.45, 7) is 6.90. The zero-order chi connectivity index (χ0) is 16.8. The van der Waals surface area contributed by atoms with Gasteiger partial charge in [-0.25, -0.2) is 4.79 Å². The van der Waals surface area contributed by atoms with E-state index in [-0.39, 0.29) is 31.0 Å². The van der Waals surface area contributed by atoms with Gasteiger partial charge in [-0.1, -0.05) is 12.1 Å². The fourth-order valence-electron chi connectivity index (χ4n) is 2.89. The van der Waals surface area contributed by atoms with Crippen molar-refractivity contribution in [2.75, 3.05) is 33.4 Å². The van der Waals surface area contributed by atoms with Crippen molar-refractivity contribution in [1.82, 2.24) is 10.6 Å². The Morgan fingerprint density at radius 1 is 1.33 bits per heavy atom. The quantitative estimate of drug-likeness (QED) is 0.630. The number of carbonyl (C=O) groups excluding carboxylic acids is 1. The fourth-order valence-corrected chi connectivity index (χ4v) is 2.89. The number of β-amino-alcohol motifs (C(OH)–C–C–N with tert-alkyl or cyclic N) is 1. The Bertz CT molecular complexity index is 530. The van der Waals surface area contributed by atoms with Gasteiger partial charge in [0.1, 0.15) is 5.75 Å². The number of halogens is 1. The van der Waals surface area contributed by atoms with Crippen molar-refractivity contribution in [1.29, 1.82) is 0 Å². The maximum absolute atomic E-state index is 11.2. The molecule has 7 heteroatoms. The van der Waals surface area contributed by atoms with Gasteiger partial charge in [0.2, 0.25) is 0 Å². The highest BCUT2D eigenvalue weighted by atomic mass is 35.5. The lowest BCUT2D eigenvalue weighted by molar-refractivity contribution is -0.142. The first-order chi connectivity index (χ1) is 11.0. The molecule has 0 spiro atoms. The van der Waals surface area contributed by atoms with Gasteiger partial charge in [-0.2, -0.15) is 0 Å². The molecule has 0 amide bonds. The largest absolute Gasteiger partial charge is 0.481 e. The summed E-state index contributed by atoms with van der Waals surface area (Å²) in [7, 11) is 1.34. The number of nitrogens with one attached hydrogen (secondary N) is 2. The van der Waals surface area contributed by atoms with Gasteiger partial charge in [-0.15, -0.1) is 12.4 Å². The number of hydrogen-bond acceptors (Lipinski definition) is 6. The van der Waals surface area contributed by atoms with E-state index in [1.165, 1.54) is 7.11 Å². The van der Waals surface area contributed by atoms with E-state index >= 15 is 0 Å². The van der Waals surface area contributed by atoms with Crippen molar-refractivity contribution < 1.29 is 19.4 Å². The van der Waals surface area contributed by atoms with Gasteiger partial charge in [0, 0.05) is 32.1 Å². The highest BCUT2D eigenvalue weighted by molar-refractivity contribution is 5.85. The molecule has 2 rings (SSSR count). The molecule has 1 fully saturated rings. The zero-order valence-electron chi connectivity index (χ0n) is 14.4. The predicted octanol–water partition coefficient (Wildman–Crippen LogP) is 0.947. The lowest BCUT2D eigenvalue weighted by Gasteiger charge is -2.16. The van der Waals surface area contributed by atoms with Gasteiger partial charge in [0.05, 0.1) is 13.2 Å². The van der Waals surface area contributed by atoms with Crippen LogP contribution >= 0.6 is 12.4 Å². The number of aliphatic hydroxyl groups excluding tert-OH is 1. The molecule has 0 aliphatic carbocycles. The topological polar surface area (TPSA) is 79.8 Å². The van der Waals surface area contributed by atoms with Crippen LogP contribution in [-0.4, -0.2) is 50.5 Å². The van der Waals surface area contributed by atoms with Gasteiger partial charge in [0.25, 0.3) is 0 Å². The standard InChI is InChI=1S/C17H26N2O4.ClH/c1-11-4-13(6-18-7-14-8-19-9-15(14)20)5-12(2)17(11)23-10-16(21)22-3;/h4-5,14-15,18-20H,6-10H2,1-3H3;1H. The second kappa shape index (κ2) is 9.84. The molecule has 0 aromatic heterocycles. The summed E-state index contributed by atoms with van der Waals surface area (Å²) in [5.41, 5.74) is 3.15. The van der Waals surface area contributed by atoms with Gasteiger partial charge in [0.15, 0.2) is 6.61 Å². The lowest BCUT2D eigenvalue weighted by Crippen LogP contribution is -2.30. The van der Waals surface area contributed by atoms with Crippen LogP contribution in [0.4, 0.5) is 0 Å². The van der Waals surface area contributed by atoms with Crippen molar-refractivity contribution in [3.63, 3.8) is 0 Å². The Balaban J connectivity index is 0.00000288. The first kappa shape index (κ1) is 20.7. The number of rotatable bonds is 7. The van der Waals surface area contributed by atoms with Crippen molar-refractivity contribution in [3.8, 4) is 5.75 Å². The zero-order valence-corrected chi connectivity index (χ0v) is 15.2. The Morgan fingerprint density at radius 2 is 2.00 bits per heavy atom. The van der Waals surface area contributed by atoms with Crippen LogP contribution in [-0.2, 0) is 16.1 Å². The minimum atomic E-state index is -0.390. The molecule has 3 N–H and O–H groups in total. The van der Waals surface area contributed by atoms with E-state index in [2.05, 4.69) is 27.5 Å². The molecule has 0 radical (unpaired) electrons. The SMILES string of the molecule is COC(=O)COc1c(C)cc(CNCC2CNCC2O)cc1C.Cl. The third kappa shape index (κ3) is 5.63. The molecule has 0 bridgehead atoms. The number of benzene rings is 1. The Kier molecular flexibility index (Phi) is 8.48. The van der Waals surface area contributed by atoms with Crippen molar-refractivity contribution in [2.24, 2.45) is 5.92 Å². The molecule has 1 heterocycles. The van der Waals surface area contributed by atoms with E-state index in [0.717, 1.165) is 42.1 Å². The smallest absolute Gasteiger partial charge is 0.343 e. The fraction of sp³-hybridized carbons (Fsp3) is 0.588. The molecule has 0 saturated carbocycles. The second-order valence-corrected chi connectivity index (χ2v) is 6.04. The highest BCUT2D eigenvalue weighted by Crippen LogP contribution is 2.25. The van der Waals surface area contributed by atoms with Crippen molar-refractivity contribution in [2.45, 2.75) is 26.5 Å². The molecule has 136 valence electrons. The maximum atomic E-state index is 11.2.